The van der Waals surface area contributed by atoms with Crippen LogP contribution in [-0.2, 0) is 16.6 Å². The van der Waals surface area contributed by atoms with E-state index in [9.17, 15) is 9.59 Å². The van der Waals surface area contributed by atoms with Gasteiger partial charge in [0.1, 0.15) is 0 Å². The highest BCUT2D eigenvalue weighted by Crippen LogP contribution is 2.24. The largest absolute Gasteiger partial charge is 0.451 e. The fraction of sp³-hybridized carbons (Fsp3) is 0.286. The van der Waals surface area contributed by atoms with Crippen LogP contribution in [0.2, 0.25) is 0 Å². The fourth-order valence-electron chi connectivity index (χ4n) is 3.25. The summed E-state index contributed by atoms with van der Waals surface area (Å²) in [6, 6.07) is 7.58. The quantitative estimate of drug-likeness (QED) is 0.425. The van der Waals surface area contributed by atoms with E-state index in [-0.39, 0.29) is 5.78 Å². The lowest BCUT2D eigenvalue weighted by molar-refractivity contribution is -0.140. The summed E-state index contributed by atoms with van der Waals surface area (Å²) in [4.78, 5) is 28.2. The number of H-pyrrole nitrogens is 1. The van der Waals surface area contributed by atoms with Crippen LogP contribution in [-0.4, -0.2) is 32.6 Å². The van der Waals surface area contributed by atoms with Gasteiger partial charge in [-0.2, -0.15) is 5.10 Å². The summed E-state index contributed by atoms with van der Waals surface area (Å²) in [6.45, 7) is 7.24. The third-order valence-electron chi connectivity index (χ3n) is 4.75. The molecule has 0 bridgehead atoms. The highest BCUT2D eigenvalue weighted by atomic mass is 16.5. The van der Waals surface area contributed by atoms with Gasteiger partial charge in [-0.25, -0.2) is 4.79 Å². The minimum absolute atomic E-state index is 0.222. The first kappa shape index (κ1) is 18.6. The average molecular weight is 365 g/mol. The van der Waals surface area contributed by atoms with Crippen molar-refractivity contribution in [2.75, 3.05) is 0 Å². The molecule has 1 aromatic carbocycles. The predicted octanol–water partition coefficient (Wildman–Crippen LogP) is 3.65. The number of nitrogens with one attached hydrogen (secondary N) is 1. The third kappa shape index (κ3) is 3.56. The monoisotopic (exact) mass is 365 g/mol. The van der Waals surface area contributed by atoms with Gasteiger partial charge in [0.2, 0.25) is 5.78 Å². The smallest absolute Gasteiger partial charge is 0.331 e. The number of rotatable bonds is 5. The van der Waals surface area contributed by atoms with E-state index < -0.39 is 12.1 Å². The Balaban J connectivity index is 1.75. The van der Waals surface area contributed by atoms with Crippen LogP contribution >= 0.6 is 0 Å². The Morgan fingerprint density at radius 3 is 2.59 bits per heavy atom. The van der Waals surface area contributed by atoms with Gasteiger partial charge >= 0.3 is 5.97 Å². The highest BCUT2D eigenvalue weighted by molar-refractivity contribution is 6.11. The molecule has 0 radical (unpaired) electrons. The number of hydrogen-bond donors (Lipinski definition) is 1. The number of benzene rings is 1. The number of fused-ring (bicyclic) bond motifs is 1. The molecule has 0 spiro atoms. The molecule has 1 atom stereocenters. The SMILES string of the molecule is Cc1nn(C)c(C)c1/C=C/C(=O)O[C@@H](C)C(=O)c1c(C)[nH]c2ccccc12. The number of aryl methyl sites for hydroxylation is 3. The average Bonchev–Trinajstić information content (AvgIpc) is 3.07. The zero-order chi connectivity index (χ0) is 19.7. The van der Waals surface area contributed by atoms with E-state index in [0.717, 1.165) is 33.5 Å². The summed E-state index contributed by atoms with van der Waals surface area (Å²) in [7, 11) is 1.85. The molecule has 0 saturated carbocycles. The van der Waals surface area contributed by atoms with E-state index in [1.165, 1.54) is 6.08 Å². The number of ketones is 1. The van der Waals surface area contributed by atoms with Gasteiger partial charge in [-0.1, -0.05) is 18.2 Å². The van der Waals surface area contributed by atoms with Crippen molar-refractivity contribution >= 4 is 28.7 Å². The third-order valence-corrected chi connectivity index (χ3v) is 4.75. The van der Waals surface area contributed by atoms with Gasteiger partial charge in [-0.3, -0.25) is 9.48 Å². The molecule has 140 valence electrons. The molecule has 6 heteroatoms. The molecule has 6 nitrogen and oxygen atoms in total. The molecule has 0 fully saturated rings. The number of carbonyl (C=O) groups is 2. The van der Waals surface area contributed by atoms with Gasteiger partial charge in [0, 0.05) is 46.5 Å². The summed E-state index contributed by atoms with van der Waals surface area (Å²) >= 11 is 0. The molecule has 0 aliphatic heterocycles. The summed E-state index contributed by atoms with van der Waals surface area (Å²) in [6.07, 6.45) is 2.13. The first-order valence-corrected chi connectivity index (χ1v) is 8.80. The number of ether oxygens (including phenoxy) is 1. The Morgan fingerprint density at radius 1 is 1.22 bits per heavy atom. The molecule has 0 saturated heterocycles. The van der Waals surface area contributed by atoms with Crippen molar-refractivity contribution in [2.45, 2.75) is 33.8 Å². The zero-order valence-corrected chi connectivity index (χ0v) is 16.2. The lowest BCUT2D eigenvalue weighted by atomic mass is 10.0. The molecule has 0 aliphatic carbocycles. The molecule has 0 unspecified atom stereocenters. The Hall–Kier alpha value is -3.15. The predicted molar refractivity (Wildman–Crippen MR) is 105 cm³/mol. The van der Waals surface area contributed by atoms with Crippen LogP contribution in [0.4, 0.5) is 0 Å². The first-order chi connectivity index (χ1) is 12.8. The van der Waals surface area contributed by atoms with Crippen LogP contribution in [0.15, 0.2) is 30.3 Å². The van der Waals surface area contributed by atoms with Crippen molar-refractivity contribution in [1.82, 2.24) is 14.8 Å². The number of aromatic nitrogens is 3. The molecule has 2 aromatic heterocycles. The van der Waals surface area contributed by atoms with E-state index >= 15 is 0 Å². The number of hydrogen-bond acceptors (Lipinski definition) is 4. The normalized spacial score (nSPS) is 12.6. The van der Waals surface area contributed by atoms with Gasteiger partial charge < -0.3 is 9.72 Å². The van der Waals surface area contributed by atoms with Gasteiger partial charge in [0.25, 0.3) is 0 Å². The maximum Gasteiger partial charge on any atom is 0.331 e. The van der Waals surface area contributed by atoms with Crippen LogP contribution in [0.25, 0.3) is 17.0 Å². The van der Waals surface area contributed by atoms with Crippen LogP contribution < -0.4 is 0 Å². The minimum atomic E-state index is -0.879. The van der Waals surface area contributed by atoms with E-state index in [1.807, 2.05) is 52.1 Å². The number of para-hydroxylation sites is 1. The minimum Gasteiger partial charge on any atom is -0.451 e. The number of nitrogens with zero attached hydrogens (tertiary/aromatic N) is 2. The Bertz CT molecular complexity index is 1060. The van der Waals surface area contributed by atoms with Crippen molar-refractivity contribution in [3.8, 4) is 0 Å². The molecule has 0 amide bonds. The molecule has 0 aliphatic rings. The van der Waals surface area contributed by atoms with E-state index in [0.29, 0.717) is 5.56 Å². The Kier molecular flexibility index (Phi) is 4.99. The molecule has 1 N–H and O–H groups in total. The van der Waals surface area contributed by atoms with Crippen LogP contribution in [0, 0.1) is 20.8 Å². The second-order valence-corrected chi connectivity index (χ2v) is 6.66. The number of esters is 1. The summed E-state index contributed by atoms with van der Waals surface area (Å²) in [5, 5.41) is 5.14. The van der Waals surface area contributed by atoms with Gasteiger partial charge in [0.15, 0.2) is 6.10 Å². The van der Waals surface area contributed by atoms with Gasteiger partial charge in [-0.05, 0) is 39.8 Å². The number of carbonyl (C=O) groups excluding carboxylic acids is 2. The van der Waals surface area contributed by atoms with Crippen molar-refractivity contribution in [3.05, 3.63) is 58.6 Å². The number of Topliss-reactive ketones (excluding diaryl/α,β-unsaturated/α-hetero) is 1. The van der Waals surface area contributed by atoms with Crippen LogP contribution in [0.3, 0.4) is 0 Å². The van der Waals surface area contributed by atoms with E-state index in [2.05, 4.69) is 10.1 Å². The summed E-state index contributed by atoms with van der Waals surface area (Å²) in [5.41, 5.74) is 4.88. The fourth-order valence-corrected chi connectivity index (χ4v) is 3.25. The molecule has 2 heterocycles. The second kappa shape index (κ2) is 7.23. The van der Waals surface area contributed by atoms with Gasteiger partial charge in [0.05, 0.1) is 5.69 Å². The highest BCUT2D eigenvalue weighted by Gasteiger charge is 2.23. The Morgan fingerprint density at radius 2 is 1.93 bits per heavy atom. The molecule has 27 heavy (non-hydrogen) atoms. The molecule has 3 aromatic rings. The lowest BCUT2D eigenvalue weighted by Gasteiger charge is -2.11. The van der Waals surface area contributed by atoms with Crippen molar-refractivity contribution < 1.29 is 14.3 Å². The molecular formula is C21H23N3O3. The molecule has 3 rings (SSSR count). The zero-order valence-electron chi connectivity index (χ0n) is 16.2. The maximum atomic E-state index is 12.8. The Labute approximate surface area is 157 Å². The van der Waals surface area contributed by atoms with Crippen LogP contribution in [0.5, 0.6) is 0 Å². The summed E-state index contributed by atoms with van der Waals surface area (Å²) < 4.78 is 7.09. The molecular weight excluding hydrogens is 342 g/mol. The van der Waals surface area contributed by atoms with Crippen molar-refractivity contribution in [1.29, 1.82) is 0 Å². The first-order valence-electron chi connectivity index (χ1n) is 8.80. The summed E-state index contributed by atoms with van der Waals surface area (Å²) in [5.74, 6) is -0.781. The lowest BCUT2D eigenvalue weighted by Crippen LogP contribution is -2.24. The topological polar surface area (TPSA) is 77.0 Å². The van der Waals surface area contributed by atoms with Crippen molar-refractivity contribution in [3.63, 3.8) is 0 Å². The van der Waals surface area contributed by atoms with Crippen LogP contribution in [0.1, 0.15) is 39.9 Å². The van der Waals surface area contributed by atoms with E-state index in [4.69, 9.17) is 4.74 Å². The van der Waals surface area contributed by atoms with Crippen molar-refractivity contribution in [2.24, 2.45) is 7.05 Å². The van der Waals surface area contributed by atoms with E-state index in [1.54, 1.807) is 17.7 Å². The standard InChI is InChI=1S/C21H23N3O3/c1-12-16(14(3)24(5)23-12)10-11-19(25)27-15(4)21(26)20-13(2)22-18-9-7-6-8-17(18)20/h6-11,15,22H,1-5H3/b11-10+/t15-/m0/s1. The second-order valence-electron chi connectivity index (χ2n) is 6.66. The van der Waals surface area contributed by atoms with Gasteiger partial charge in [-0.15, -0.1) is 0 Å². The number of aromatic amines is 1. The maximum absolute atomic E-state index is 12.8.